The number of amides is 2. The Morgan fingerprint density at radius 2 is 1.54 bits per heavy atom. The number of hydrogen-bond acceptors (Lipinski definition) is 6. The van der Waals surface area contributed by atoms with Crippen LogP contribution in [0.2, 0.25) is 0 Å². The lowest BCUT2D eigenvalue weighted by Gasteiger charge is -2.23. The summed E-state index contributed by atoms with van der Waals surface area (Å²) in [6.45, 7) is 2.61. The van der Waals surface area contributed by atoms with Crippen LogP contribution < -0.4 is 5.32 Å². The second kappa shape index (κ2) is 9.31. The third-order valence-corrected chi connectivity index (χ3v) is 4.76. The van der Waals surface area contributed by atoms with Crippen molar-refractivity contribution in [3.63, 3.8) is 0 Å². The van der Waals surface area contributed by atoms with E-state index >= 15 is 0 Å². The van der Waals surface area contributed by atoms with Gasteiger partial charge in [0.2, 0.25) is 11.9 Å². The molecule has 0 saturated heterocycles. The first-order valence-electron chi connectivity index (χ1n) is 9.77. The Hall–Kier alpha value is -4.04. The van der Waals surface area contributed by atoms with Crippen LogP contribution in [-0.2, 0) is 17.1 Å². The molecule has 15 heteroatoms. The van der Waals surface area contributed by atoms with E-state index in [1.54, 1.807) is 0 Å². The Kier molecular flexibility index (Phi) is 6.80. The summed E-state index contributed by atoms with van der Waals surface area (Å²) in [6, 6.07) is 1.10. The molecular formula is C20H17F6N7O2. The maximum absolute atomic E-state index is 13.2. The summed E-state index contributed by atoms with van der Waals surface area (Å²) >= 11 is 0. The van der Waals surface area contributed by atoms with Gasteiger partial charge in [0.25, 0.3) is 11.9 Å². The van der Waals surface area contributed by atoms with Gasteiger partial charge in [-0.05, 0) is 31.2 Å². The molecule has 0 aliphatic rings. The van der Waals surface area contributed by atoms with Crippen molar-refractivity contribution in [3.05, 3.63) is 59.2 Å². The van der Waals surface area contributed by atoms with E-state index in [9.17, 15) is 35.9 Å². The molecule has 0 saturated carbocycles. The second-order valence-corrected chi connectivity index (χ2v) is 7.32. The summed E-state index contributed by atoms with van der Waals surface area (Å²) < 4.78 is 80.1. The molecular weight excluding hydrogens is 484 g/mol. The van der Waals surface area contributed by atoms with Gasteiger partial charge in [0.05, 0.1) is 17.2 Å². The van der Waals surface area contributed by atoms with Crippen molar-refractivity contribution < 1.29 is 35.9 Å². The van der Waals surface area contributed by atoms with E-state index < -0.39 is 46.9 Å². The van der Waals surface area contributed by atoms with Crippen LogP contribution in [0, 0.1) is 0 Å². The summed E-state index contributed by atoms with van der Waals surface area (Å²) in [5.41, 5.74) is -4.06. The van der Waals surface area contributed by atoms with Gasteiger partial charge in [-0.3, -0.25) is 14.9 Å². The summed E-state index contributed by atoms with van der Waals surface area (Å²) in [5, 5.41) is 6.57. The Morgan fingerprint density at radius 1 is 1.00 bits per heavy atom. The van der Waals surface area contributed by atoms with Crippen LogP contribution in [0.1, 0.15) is 47.2 Å². The van der Waals surface area contributed by atoms with Crippen molar-refractivity contribution in [3.8, 4) is 5.95 Å². The summed E-state index contributed by atoms with van der Waals surface area (Å²) in [5.74, 6) is -1.82. The molecule has 1 unspecified atom stereocenters. The van der Waals surface area contributed by atoms with Crippen molar-refractivity contribution in [1.82, 2.24) is 29.6 Å². The summed E-state index contributed by atoms with van der Waals surface area (Å²) in [7, 11) is 1.16. The zero-order valence-electron chi connectivity index (χ0n) is 18.3. The standard InChI is InChI=1S/C20H17F6N7O2/c1-10(15-30-18(29-11(2)34)33(31-15)17-27-5-4-6-28-17)32(3)16(35)12-7-13(19(21,22)23)9-14(8-12)20(24,25)26/h4-10H,1-3H3,(H,29,30,31,34). The van der Waals surface area contributed by atoms with Gasteiger partial charge in [-0.1, -0.05) is 0 Å². The van der Waals surface area contributed by atoms with Gasteiger partial charge < -0.3 is 4.90 Å². The SMILES string of the molecule is CC(=O)Nc1nc(C(C)N(C)C(=O)c2cc(C(F)(F)F)cc(C(F)(F)F)c2)nn1-c1ncccn1. The van der Waals surface area contributed by atoms with E-state index in [1.165, 1.54) is 32.3 Å². The predicted molar refractivity (Wildman–Crippen MR) is 108 cm³/mol. The van der Waals surface area contributed by atoms with Crippen LogP contribution in [0.4, 0.5) is 32.3 Å². The van der Waals surface area contributed by atoms with Crippen molar-refractivity contribution in [2.45, 2.75) is 32.2 Å². The van der Waals surface area contributed by atoms with Gasteiger partial charge >= 0.3 is 12.4 Å². The minimum absolute atomic E-state index is 0.0175. The number of rotatable bonds is 5. The average Bonchev–Trinajstić information content (AvgIpc) is 3.19. The molecule has 0 aliphatic heterocycles. The highest BCUT2D eigenvalue weighted by Crippen LogP contribution is 2.37. The molecule has 3 rings (SSSR count). The normalized spacial score (nSPS) is 12.8. The molecule has 9 nitrogen and oxygen atoms in total. The number of halogens is 6. The van der Waals surface area contributed by atoms with Crippen LogP contribution >= 0.6 is 0 Å². The Morgan fingerprint density at radius 3 is 2.03 bits per heavy atom. The van der Waals surface area contributed by atoms with Gasteiger partial charge in [0.1, 0.15) is 0 Å². The van der Waals surface area contributed by atoms with E-state index in [-0.39, 0.29) is 23.8 Å². The predicted octanol–water partition coefficient (Wildman–Crippen LogP) is 3.89. The third-order valence-electron chi connectivity index (χ3n) is 4.76. The maximum Gasteiger partial charge on any atom is 0.416 e. The highest BCUT2D eigenvalue weighted by atomic mass is 19.4. The first kappa shape index (κ1) is 25.6. The third kappa shape index (κ3) is 5.73. The number of benzene rings is 1. The maximum atomic E-state index is 13.2. The number of nitrogens with zero attached hydrogens (tertiary/aromatic N) is 6. The fraction of sp³-hybridized carbons (Fsp3) is 0.300. The van der Waals surface area contributed by atoms with Crippen molar-refractivity contribution in [1.29, 1.82) is 0 Å². The van der Waals surface area contributed by atoms with Gasteiger partial charge in [-0.15, -0.1) is 5.10 Å². The first-order valence-corrected chi connectivity index (χ1v) is 9.77. The van der Waals surface area contributed by atoms with E-state index in [0.29, 0.717) is 12.1 Å². The van der Waals surface area contributed by atoms with Crippen LogP contribution in [0.15, 0.2) is 36.7 Å². The zero-order valence-corrected chi connectivity index (χ0v) is 18.3. The number of nitrogens with one attached hydrogen (secondary N) is 1. The minimum atomic E-state index is -5.11. The highest BCUT2D eigenvalue weighted by Gasteiger charge is 2.38. The molecule has 2 aromatic heterocycles. The van der Waals surface area contributed by atoms with Crippen LogP contribution in [0.3, 0.4) is 0 Å². The van der Waals surface area contributed by atoms with Crippen LogP contribution in [0.25, 0.3) is 5.95 Å². The van der Waals surface area contributed by atoms with Crippen molar-refractivity contribution in [2.75, 3.05) is 12.4 Å². The molecule has 0 spiro atoms. The van der Waals surface area contributed by atoms with Gasteiger partial charge in [-0.2, -0.15) is 36.0 Å². The second-order valence-electron chi connectivity index (χ2n) is 7.32. The molecule has 3 aromatic rings. The number of anilines is 1. The minimum Gasteiger partial charge on any atom is -0.332 e. The largest absolute Gasteiger partial charge is 0.416 e. The lowest BCUT2D eigenvalue weighted by Crippen LogP contribution is -2.31. The van der Waals surface area contributed by atoms with E-state index in [4.69, 9.17) is 0 Å². The number of aromatic nitrogens is 5. The number of alkyl halides is 6. The lowest BCUT2D eigenvalue weighted by atomic mass is 10.0. The molecule has 0 bridgehead atoms. The van der Waals surface area contributed by atoms with Crippen LogP contribution in [-0.4, -0.2) is 48.5 Å². The molecule has 0 radical (unpaired) electrons. The van der Waals surface area contributed by atoms with Crippen molar-refractivity contribution >= 4 is 17.8 Å². The van der Waals surface area contributed by atoms with Crippen LogP contribution in [0.5, 0.6) is 0 Å². The molecule has 35 heavy (non-hydrogen) atoms. The monoisotopic (exact) mass is 501 g/mol. The highest BCUT2D eigenvalue weighted by molar-refractivity contribution is 5.94. The molecule has 0 fully saturated rings. The average molecular weight is 501 g/mol. The number of carbonyl (C=O) groups excluding carboxylic acids is 2. The van der Waals surface area contributed by atoms with Gasteiger partial charge in [-0.25, -0.2) is 9.97 Å². The number of hydrogen-bond donors (Lipinski definition) is 1. The molecule has 1 aromatic carbocycles. The molecule has 0 aliphatic carbocycles. The Balaban J connectivity index is 1.99. The fourth-order valence-electron chi connectivity index (χ4n) is 2.91. The number of carbonyl (C=O) groups is 2. The van der Waals surface area contributed by atoms with Gasteiger partial charge in [0.15, 0.2) is 5.82 Å². The molecule has 2 heterocycles. The summed E-state index contributed by atoms with van der Waals surface area (Å²) in [4.78, 5) is 37.4. The lowest BCUT2D eigenvalue weighted by molar-refractivity contribution is -0.143. The Labute approximate surface area is 193 Å². The quantitative estimate of drug-likeness (QED) is 0.532. The van der Waals surface area contributed by atoms with E-state index in [0.717, 1.165) is 16.6 Å². The fourth-order valence-corrected chi connectivity index (χ4v) is 2.91. The first-order chi connectivity index (χ1) is 16.2. The van der Waals surface area contributed by atoms with Crippen molar-refractivity contribution in [2.24, 2.45) is 0 Å². The molecule has 1 N–H and O–H groups in total. The Bertz CT molecular complexity index is 1210. The summed E-state index contributed by atoms with van der Waals surface area (Å²) in [6.07, 6.45) is -7.42. The molecule has 2 amide bonds. The molecule has 186 valence electrons. The molecule has 1 atom stereocenters. The topological polar surface area (TPSA) is 106 Å². The zero-order chi connectivity index (χ0) is 26.1. The van der Waals surface area contributed by atoms with E-state index in [1.807, 2.05) is 0 Å². The van der Waals surface area contributed by atoms with Gasteiger partial charge in [0, 0.05) is 31.9 Å². The smallest absolute Gasteiger partial charge is 0.332 e. The van der Waals surface area contributed by atoms with E-state index in [2.05, 4.69) is 25.4 Å².